The van der Waals surface area contributed by atoms with E-state index in [0.717, 1.165) is 24.8 Å². The van der Waals surface area contributed by atoms with Crippen molar-refractivity contribution >= 4 is 0 Å². The maximum atomic E-state index is 4.64. The highest BCUT2D eigenvalue weighted by atomic mass is 15.3. The Labute approximate surface area is 105 Å². The number of piperidine rings is 1. The molecule has 1 saturated heterocycles. The Morgan fingerprint density at radius 2 is 2.29 bits per heavy atom. The first kappa shape index (κ1) is 12.6. The van der Waals surface area contributed by atoms with Crippen LogP contribution in [-0.2, 0) is 19.4 Å². The molecule has 2 rings (SSSR count). The molecule has 3 heteroatoms. The molecule has 0 amide bonds. The molecule has 2 atom stereocenters. The largest absolute Gasteiger partial charge is 0.316 e. The summed E-state index contributed by atoms with van der Waals surface area (Å²) in [6.07, 6.45) is 3.54. The Kier molecular flexibility index (Phi) is 4.21. The Morgan fingerprint density at radius 3 is 2.94 bits per heavy atom. The molecule has 2 unspecified atom stereocenters. The zero-order valence-electron chi connectivity index (χ0n) is 11.4. The number of aromatic nitrogens is 2. The van der Waals surface area contributed by atoms with Crippen molar-refractivity contribution in [2.45, 2.75) is 46.6 Å². The summed E-state index contributed by atoms with van der Waals surface area (Å²) < 4.78 is 2.19. The minimum absolute atomic E-state index is 0.786. The topological polar surface area (TPSA) is 29.9 Å². The lowest BCUT2D eigenvalue weighted by Crippen LogP contribution is -2.36. The van der Waals surface area contributed by atoms with Gasteiger partial charge in [-0.25, -0.2) is 0 Å². The van der Waals surface area contributed by atoms with E-state index in [0.29, 0.717) is 0 Å². The fourth-order valence-electron chi connectivity index (χ4n) is 2.77. The van der Waals surface area contributed by atoms with Crippen LogP contribution in [0.3, 0.4) is 0 Å². The Bertz CT molecular complexity index is 356. The summed E-state index contributed by atoms with van der Waals surface area (Å²) >= 11 is 0. The lowest BCUT2D eigenvalue weighted by molar-refractivity contribution is 0.267. The van der Waals surface area contributed by atoms with E-state index in [1.165, 1.54) is 37.3 Å². The molecule has 0 aliphatic carbocycles. The maximum absolute atomic E-state index is 4.64. The number of hydrogen-bond donors (Lipinski definition) is 1. The fraction of sp³-hybridized carbons (Fsp3) is 0.786. The first-order chi connectivity index (χ1) is 8.24. The highest BCUT2D eigenvalue weighted by Crippen LogP contribution is 2.23. The molecule has 2 heterocycles. The van der Waals surface area contributed by atoms with Gasteiger partial charge >= 0.3 is 0 Å². The molecule has 17 heavy (non-hydrogen) atoms. The summed E-state index contributed by atoms with van der Waals surface area (Å²) in [6, 6.07) is 2.30. The van der Waals surface area contributed by atoms with Crippen molar-refractivity contribution in [3.05, 3.63) is 17.5 Å². The van der Waals surface area contributed by atoms with E-state index in [1.807, 2.05) is 0 Å². The summed E-state index contributed by atoms with van der Waals surface area (Å²) in [4.78, 5) is 0. The van der Waals surface area contributed by atoms with Gasteiger partial charge in [-0.3, -0.25) is 4.68 Å². The van der Waals surface area contributed by atoms with Crippen molar-refractivity contribution in [3.8, 4) is 0 Å². The van der Waals surface area contributed by atoms with Crippen LogP contribution in [0.1, 0.15) is 38.6 Å². The van der Waals surface area contributed by atoms with Gasteiger partial charge in [0.05, 0.1) is 5.69 Å². The van der Waals surface area contributed by atoms with Gasteiger partial charge in [-0.05, 0) is 57.2 Å². The van der Waals surface area contributed by atoms with Crippen LogP contribution in [0.4, 0.5) is 0 Å². The van der Waals surface area contributed by atoms with E-state index in [1.54, 1.807) is 0 Å². The standard InChI is InChI=1S/C14H25N3/c1-4-13-9-14(17(5-2)16-13)8-12-6-7-15-10-11(12)3/h9,11-12,15H,4-8,10H2,1-3H3. The number of nitrogens with one attached hydrogen (secondary N) is 1. The average molecular weight is 235 g/mol. The smallest absolute Gasteiger partial charge is 0.0624 e. The summed E-state index contributed by atoms with van der Waals surface area (Å²) in [5.41, 5.74) is 2.67. The minimum atomic E-state index is 0.786. The summed E-state index contributed by atoms with van der Waals surface area (Å²) in [6.45, 7) is 10.1. The van der Waals surface area contributed by atoms with Gasteiger partial charge in [0.2, 0.25) is 0 Å². The van der Waals surface area contributed by atoms with Crippen LogP contribution in [0.5, 0.6) is 0 Å². The van der Waals surface area contributed by atoms with Gasteiger partial charge in [-0.15, -0.1) is 0 Å². The maximum Gasteiger partial charge on any atom is 0.0624 e. The van der Waals surface area contributed by atoms with Crippen LogP contribution < -0.4 is 5.32 Å². The lowest BCUT2D eigenvalue weighted by Gasteiger charge is -2.29. The highest BCUT2D eigenvalue weighted by Gasteiger charge is 2.22. The molecule has 1 aliphatic heterocycles. The predicted octanol–water partition coefficient (Wildman–Crippen LogP) is 2.25. The molecule has 0 saturated carbocycles. The third-order valence-corrected chi connectivity index (χ3v) is 4.01. The van der Waals surface area contributed by atoms with E-state index in [2.05, 4.69) is 41.9 Å². The van der Waals surface area contributed by atoms with E-state index in [-0.39, 0.29) is 0 Å². The number of nitrogens with zero attached hydrogens (tertiary/aromatic N) is 2. The summed E-state index contributed by atoms with van der Waals surface area (Å²) in [5, 5.41) is 8.11. The van der Waals surface area contributed by atoms with Gasteiger partial charge in [0.25, 0.3) is 0 Å². The molecule has 96 valence electrons. The number of aryl methyl sites for hydroxylation is 2. The molecule has 0 aromatic carbocycles. The van der Waals surface area contributed by atoms with Crippen molar-refractivity contribution in [2.75, 3.05) is 13.1 Å². The van der Waals surface area contributed by atoms with Crippen molar-refractivity contribution in [3.63, 3.8) is 0 Å². The van der Waals surface area contributed by atoms with Crippen LogP contribution in [0.2, 0.25) is 0 Å². The molecule has 3 nitrogen and oxygen atoms in total. The first-order valence-electron chi connectivity index (χ1n) is 7.00. The number of rotatable bonds is 4. The summed E-state index contributed by atoms with van der Waals surface area (Å²) in [5.74, 6) is 1.61. The lowest BCUT2D eigenvalue weighted by atomic mass is 9.84. The SMILES string of the molecule is CCc1cc(CC2CCNCC2C)n(CC)n1. The zero-order valence-corrected chi connectivity index (χ0v) is 11.4. The molecule has 1 aromatic rings. The monoisotopic (exact) mass is 235 g/mol. The normalized spacial score (nSPS) is 25.1. The van der Waals surface area contributed by atoms with Crippen LogP contribution in [0, 0.1) is 11.8 Å². The van der Waals surface area contributed by atoms with E-state index in [9.17, 15) is 0 Å². The van der Waals surface area contributed by atoms with E-state index in [4.69, 9.17) is 0 Å². The second kappa shape index (κ2) is 5.67. The summed E-state index contributed by atoms with van der Waals surface area (Å²) in [7, 11) is 0. The van der Waals surface area contributed by atoms with Gasteiger partial charge in [-0.1, -0.05) is 13.8 Å². The van der Waals surface area contributed by atoms with Gasteiger partial charge in [0.15, 0.2) is 0 Å². The van der Waals surface area contributed by atoms with Crippen molar-refractivity contribution in [1.29, 1.82) is 0 Å². The molecular weight excluding hydrogens is 210 g/mol. The molecule has 0 bridgehead atoms. The molecule has 1 fully saturated rings. The third-order valence-electron chi connectivity index (χ3n) is 4.01. The van der Waals surface area contributed by atoms with Crippen molar-refractivity contribution < 1.29 is 0 Å². The quantitative estimate of drug-likeness (QED) is 0.867. The first-order valence-corrected chi connectivity index (χ1v) is 7.00. The zero-order chi connectivity index (χ0) is 12.3. The van der Waals surface area contributed by atoms with Crippen LogP contribution in [-0.4, -0.2) is 22.9 Å². The third kappa shape index (κ3) is 2.89. The number of hydrogen-bond acceptors (Lipinski definition) is 2. The van der Waals surface area contributed by atoms with Crippen molar-refractivity contribution in [2.24, 2.45) is 11.8 Å². The minimum Gasteiger partial charge on any atom is -0.316 e. The Hall–Kier alpha value is -0.830. The highest BCUT2D eigenvalue weighted by molar-refractivity contribution is 5.11. The fourth-order valence-corrected chi connectivity index (χ4v) is 2.77. The van der Waals surface area contributed by atoms with Crippen LogP contribution in [0.15, 0.2) is 6.07 Å². The van der Waals surface area contributed by atoms with E-state index < -0.39 is 0 Å². The second-order valence-electron chi connectivity index (χ2n) is 5.23. The average Bonchev–Trinajstić information content (AvgIpc) is 2.74. The molecule has 1 aliphatic rings. The molecule has 0 radical (unpaired) electrons. The van der Waals surface area contributed by atoms with Gasteiger partial charge < -0.3 is 5.32 Å². The second-order valence-corrected chi connectivity index (χ2v) is 5.23. The van der Waals surface area contributed by atoms with Gasteiger partial charge in [-0.2, -0.15) is 5.10 Å². The molecular formula is C14H25N3. The Balaban J connectivity index is 2.08. The van der Waals surface area contributed by atoms with Gasteiger partial charge in [0.1, 0.15) is 0 Å². The van der Waals surface area contributed by atoms with Crippen LogP contribution in [0.25, 0.3) is 0 Å². The molecule has 0 spiro atoms. The van der Waals surface area contributed by atoms with Crippen molar-refractivity contribution in [1.82, 2.24) is 15.1 Å². The molecule has 1 N–H and O–H groups in total. The van der Waals surface area contributed by atoms with Gasteiger partial charge in [0, 0.05) is 12.2 Å². The predicted molar refractivity (Wildman–Crippen MR) is 71.1 cm³/mol. The molecule has 1 aromatic heterocycles. The van der Waals surface area contributed by atoms with E-state index >= 15 is 0 Å². The van der Waals surface area contributed by atoms with Crippen LogP contribution >= 0.6 is 0 Å². The Morgan fingerprint density at radius 1 is 1.47 bits per heavy atom.